The molecule has 2 aliphatic rings. The Morgan fingerprint density at radius 3 is 1.35 bits per heavy atom. The number of carbonyl (C=O) groups excluding carboxylic acids is 2. The molecule has 0 saturated carbocycles. The third-order valence-corrected chi connectivity index (χ3v) is 11.3. The van der Waals surface area contributed by atoms with E-state index < -0.39 is 0 Å². The molecule has 2 aliphatic heterocycles. The molecule has 8 nitrogen and oxygen atoms in total. The fourth-order valence-electron chi connectivity index (χ4n) is 7.97. The average Bonchev–Trinajstić information content (AvgIpc) is 3.82. The first kappa shape index (κ1) is 37.4. The van der Waals surface area contributed by atoms with Crippen LogP contribution in [0, 0.1) is 25.7 Å². The van der Waals surface area contributed by atoms with Crippen LogP contribution in [0.4, 0.5) is 0 Å². The number of Topliss-reactive ketones (excluding diaryl/α,β-unsaturated/α-hetero) is 2. The number of H-pyrrole nitrogens is 2. The summed E-state index contributed by atoms with van der Waals surface area (Å²) in [6.07, 6.45) is 7.82. The lowest BCUT2D eigenvalue weighted by Gasteiger charge is -2.31. The molecule has 280 valence electrons. The highest BCUT2D eigenvalue weighted by Gasteiger charge is 2.23. The molecule has 2 aromatic heterocycles. The topological polar surface area (TPSA) is 98.0 Å². The number of aryl methyl sites for hydroxylation is 2. The number of nitrogens with zero attached hydrogens (tertiary/aromatic N) is 4. The summed E-state index contributed by atoms with van der Waals surface area (Å²) in [5.74, 6) is 2.58. The Bertz CT molecular complexity index is 1970. The maximum absolute atomic E-state index is 12.5. The molecule has 0 unspecified atom stereocenters. The molecule has 0 spiro atoms. The molecule has 2 saturated heterocycles. The van der Waals surface area contributed by atoms with Gasteiger partial charge in [-0.1, -0.05) is 72.8 Å². The number of aromatic nitrogens is 4. The number of ketones is 2. The van der Waals surface area contributed by atoms with E-state index in [0.29, 0.717) is 36.3 Å². The van der Waals surface area contributed by atoms with Gasteiger partial charge >= 0.3 is 0 Å². The zero-order chi connectivity index (χ0) is 37.3. The SMILES string of the molecule is Cc1ccc2nc(C(=O)CCC3CCN(Cc4ccccc4)CC3)[nH]c2c1.Cc1ccc2nc(C(=O)CCC3CCN(Cc4ccccc4)CC3)[nH]c2c1. The van der Waals surface area contributed by atoms with Gasteiger partial charge in [0.1, 0.15) is 0 Å². The standard InChI is InChI=1S/2C23H27N3O/c2*1-17-7-9-20-21(15-17)25-23(24-20)22(27)10-8-18-11-13-26(14-12-18)16-19-5-3-2-4-6-19/h2*2-7,9,15,18H,8,10-14,16H2,1H3,(H,24,25). The highest BCUT2D eigenvalue weighted by atomic mass is 16.1. The van der Waals surface area contributed by atoms with E-state index in [-0.39, 0.29) is 11.6 Å². The number of carbonyl (C=O) groups is 2. The van der Waals surface area contributed by atoms with E-state index in [1.54, 1.807) is 0 Å². The van der Waals surface area contributed by atoms with Gasteiger partial charge in [-0.2, -0.15) is 0 Å². The molecule has 6 aromatic rings. The molecule has 0 atom stereocenters. The van der Waals surface area contributed by atoms with E-state index in [0.717, 1.165) is 74.2 Å². The van der Waals surface area contributed by atoms with Crippen LogP contribution in [-0.4, -0.2) is 67.5 Å². The van der Waals surface area contributed by atoms with Crippen LogP contribution in [0.15, 0.2) is 97.1 Å². The summed E-state index contributed by atoms with van der Waals surface area (Å²) in [7, 11) is 0. The van der Waals surface area contributed by atoms with Crippen molar-refractivity contribution in [2.45, 2.75) is 78.3 Å². The van der Waals surface area contributed by atoms with Crippen LogP contribution in [0.25, 0.3) is 22.1 Å². The monoisotopic (exact) mass is 722 g/mol. The van der Waals surface area contributed by atoms with E-state index in [9.17, 15) is 9.59 Å². The molecule has 54 heavy (non-hydrogen) atoms. The Labute approximate surface area is 319 Å². The lowest BCUT2D eigenvalue weighted by atomic mass is 9.91. The van der Waals surface area contributed by atoms with Crippen LogP contribution in [0.1, 0.15) is 94.9 Å². The molecular formula is C46H54N6O2. The minimum atomic E-state index is 0.135. The molecule has 4 heterocycles. The van der Waals surface area contributed by atoms with E-state index in [1.807, 2.05) is 50.2 Å². The number of likely N-dealkylation sites (tertiary alicyclic amines) is 2. The highest BCUT2D eigenvalue weighted by molar-refractivity contribution is 5.96. The second-order valence-electron chi connectivity index (χ2n) is 15.5. The summed E-state index contributed by atoms with van der Waals surface area (Å²) in [6.45, 7) is 10.7. The van der Waals surface area contributed by atoms with Crippen LogP contribution in [0.2, 0.25) is 0 Å². The van der Waals surface area contributed by atoms with Crippen molar-refractivity contribution in [1.82, 2.24) is 29.7 Å². The van der Waals surface area contributed by atoms with Crippen molar-refractivity contribution in [3.63, 3.8) is 0 Å². The minimum Gasteiger partial charge on any atom is -0.335 e. The van der Waals surface area contributed by atoms with Crippen LogP contribution >= 0.6 is 0 Å². The Morgan fingerprint density at radius 1 is 0.574 bits per heavy atom. The number of benzene rings is 4. The molecule has 0 radical (unpaired) electrons. The third-order valence-electron chi connectivity index (χ3n) is 11.3. The van der Waals surface area contributed by atoms with Crippen molar-refractivity contribution in [3.8, 4) is 0 Å². The molecule has 2 N–H and O–H groups in total. The molecule has 0 amide bonds. The molecule has 8 rings (SSSR count). The van der Waals surface area contributed by atoms with E-state index >= 15 is 0 Å². The number of imidazole rings is 2. The van der Waals surface area contributed by atoms with E-state index in [1.165, 1.54) is 47.9 Å². The molecule has 0 bridgehead atoms. The average molecular weight is 723 g/mol. The number of aromatic amines is 2. The van der Waals surface area contributed by atoms with Crippen molar-refractivity contribution in [2.24, 2.45) is 11.8 Å². The molecule has 8 heteroatoms. The number of hydrogen-bond donors (Lipinski definition) is 2. The molecule has 0 aliphatic carbocycles. The van der Waals surface area contributed by atoms with Crippen molar-refractivity contribution in [3.05, 3.63) is 131 Å². The van der Waals surface area contributed by atoms with Gasteiger partial charge in [0.25, 0.3) is 0 Å². The lowest BCUT2D eigenvalue weighted by Crippen LogP contribution is -2.33. The molecular weight excluding hydrogens is 669 g/mol. The Morgan fingerprint density at radius 2 is 0.963 bits per heavy atom. The number of nitrogens with one attached hydrogen (secondary N) is 2. The van der Waals surface area contributed by atoms with Gasteiger partial charge in [-0.15, -0.1) is 0 Å². The first-order chi connectivity index (χ1) is 26.3. The smallest absolute Gasteiger partial charge is 0.198 e. The van der Waals surface area contributed by atoms with Crippen molar-refractivity contribution in [2.75, 3.05) is 26.2 Å². The van der Waals surface area contributed by atoms with Gasteiger partial charge < -0.3 is 9.97 Å². The third kappa shape index (κ3) is 10.2. The van der Waals surface area contributed by atoms with Crippen LogP contribution < -0.4 is 0 Å². The quantitative estimate of drug-likeness (QED) is 0.122. The van der Waals surface area contributed by atoms with Gasteiger partial charge in [0.15, 0.2) is 23.2 Å². The van der Waals surface area contributed by atoms with Gasteiger partial charge in [0.05, 0.1) is 22.1 Å². The summed E-state index contributed by atoms with van der Waals surface area (Å²) >= 11 is 0. The van der Waals surface area contributed by atoms with Gasteiger partial charge in [0, 0.05) is 25.9 Å². The zero-order valence-electron chi connectivity index (χ0n) is 31.9. The maximum atomic E-state index is 12.5. The summed E-state index contributed by atoms with van der Waals surface area (Å²) in [5.41, 5.74) is 8.76. The van der Waals surface area contributed by atoms with Crippen molar-refractivity contribution >= 4 is 33.6 Å². The number of piperidine rings is 2. The Kier molecular flexibility index (Phi) is 12.4. The zero-order valence-corrected chi connectivity index (χ0v) is 31.9. The second kappa shape index (κ2) is 17.9. The fourth-order valence-corrected chi connectivity index (χ4v) is 7.97. The van der Waals surface area contributed by atoms with Gasteiger partial charge in [-0.05, 0) is 137 Å². The van der Waals surface area contributed by atoms with Crippen LogP contribution in [-0.2, 0) is 13.1 Å². The van der Waals surface area contributed by atoms with Gasteiger partial charge in [0.2, 0.25) is 0 Å². The number of hydrogen-bond acceptors (Lipinski definition) is 6. The van der Waals surface area contributed by atoms with Gasteiger partial charge in [-0.25, -0.2) is 9.97 Å². The Balaban J connectivity index is 0.000000167. The first-order valence-corrected chi connectivity index (χ1v) is 19.9. The summed E-state index contributed by atoms with van der Waals surface area (Å²) < 4.78 is 0. The number of fused-ring (bicyclic) bond motifs is 2. The van der Waals surface area contributed by atoms with Crippen molar-refractivity contribution in [1.29, 1.82) is 0 Å². The normalized spacial score (nSPS) is 16.0. The largest absolute Gasteiger partial charge is 0.335 e. The summed E-state index contributed by atoms with van der Waals surface area (Å²) in [5, 5.41) is 0. The van der Waals surface area contributed by atoms with Crippen molar-refractivity contribution < 1.29 is 9.59 Å². The van der Waals surface area contributed by atoms with Crippen LogP contribution in [0.5, 0.6) is 0 Å². The highest BCUT2D eigenvalue weighted by Crippen LogP contribution is 2.26. The molecule has 4 aromatic carbocycles. The fraction of sp³-hybridized carbons (Fsp3) is 0.391. The second-order valence-corrected chi connectivity index (χ2v) is 15.5. The molecule has 2 fully saturated rings. The van der Waals surface area contributed by atoms with E-state index in [4.69, 9.17) is 0 Å². The Hall–Kier alpha value is -4.92. The summed E-state index contributed by atoms with van der Waals surface area (Å²) in [4.78, 5) is 45.4. The van der Waals surface area contributed by atoms with Crippen LogP contribution in [0.3, 0.4) is 0 Å². The first-order valence-electron chi connectivity index (χ1n) is 19.9. The predicted molar refractivity (Wildman–Crippen MR) is 218 cm³/mol. The minimum absolute atomic E-state index is 0.135. The summed E-state index contributed by atoms with van der Waals surface area (Å²) in [6, 6.07) is 33.4. The van der Waals surface area contributed by atoms with E-state index in [2.05, 4.69) is 90.4 Å². The van der Waals surface area contributed by atoms with Gasteiger partial charge in [-0.3, -0.25) is 19.4 Å². The number of rotatable bonds is 12. The predicted octanol–water partition coefficient (Wildman–Crippen LogP) is 9.49. The maximum Gasteiger partial charge on any atom is 0.198 e. The lowest BCUT2D eigenvalue weighted by molar-refractivity contribution is 0.0945.